The van der Waals surface area contributed by atoms with Gasteiger partial charge in [-0.3, -0.25) is 0 Å². The summed E-state index contributed by atoms with van der Waals surface area (Å²) in [5.74, 6) is 0. The van der Waals surface area contributed by atoms with E-state index < -0.39 is 29.0 Å². The Balaban J connectivity index is 1.62. The van der Waals surface area contributed by atoms with Gasteiger partial charge in [0.1, 0.15) is 11.6 Å². The summed E-state index contributed by atoms with van der Waals surface area (Å²) in [6, 6.07) is 31.4. The molecule has 0 bridgehead atoms. The molecule has 0 fully saturated rings. The van der Waals surface area contributed by atoms with Gasteiger partial charge in [-0.1, -0.05) is 113 Å². The first-order valence-electron chi connectivity index (χ1n) is 21.5. The number of aromatic nitrogens is 2. The molecule has 9 heteroatoms. The number of hydrogen-bond donors (Lipinski definition) is 0. The Hall–Kier alpha value is -6.01. The molecule has 0 unspecified atom stereocenters. The van der Waals surface area contributed by atoms with E-state index in [-0.39, 0.29) is 44.2 Å². The third kappa shape index (κ3) is 7.53. The Bertz CT molecular complexity index is 2880. The molecule has 3 nitrogen and oxygen atoms in total. The average Bonchev–Trinajstić information content (AvgIpc) is 3.69. The molecule has 0 amide bonds. The van der Waals surface area contributed by atoms with Gasteiger partial charge in [-0.15, -0.1) is 0 Å². The predicted molar refractivity (Wildman–Crippen MR) is 250 cm³/mol. The maximum absolute atomic E-state index is 15.1. The van der Waals surface area contributed by atoms with Crippen LogP contribution in [-0.2, 0) is 34.0 Å². The first kappa shape index (κ1) is 44.6. The SMILES string of the molecule is CC(C)(C)c1ccc2c(c1)c1cc(C(C)(C)C)ccc1n2-c1cc(-c2c(C(F)(F)F)cccc2C(F)(F)F)cc(-n2c3ccc(C(C)(C)C)cc3c3cc(C(C)(C)C)ccc32)c1C#N. The van der Waals surface area contributed by atoms with E-state index >= 15 is 26.3 Å². The van der Waals surface area contributed by atoms with Gasteiger partial charge in [0.2, 0.25) is 0 Å². The van der Waals surface area contributed by atoms with E-state index in [1.165, 1.54) is 12.1 Å². The zero-order chi connectivity index (χ0) is 46.9. The second-order valence-electron chi connectivity index (χ2n) is 21.3. The van der Waals surface area contributed by atoms with Crippen molar-refractivity contribution in [3.05, 3.63) is 142 Å². The van der Waals surface area contributed by atoms with E-state index in [1.807, 2.05) is 57.7 Å². The van der Waals surface area contributed by atoms with E-state index in [0.29, 0.717) is 34.2 Å². The zero-order valence-electron chi connectivity index (χ0n) is 38.4. The lowest BCUT2D eigenvalue weighted by atomic mass is 9.85. The van der Waals surface area contributed by atoms with Gasteiger partial charge in [0, 0.05) is 27.1 Å². The summed E-state index contributed by atoms with van der Waals surface area (Å²) in [7, 11) is 0. The summed E-state index contributed by atoms with van der Waals surface area (Å²) in [5.41, 5.74) is 1.97. The van der Waals surface area contributed by atoms with Crippen molar-refractivity contribution in [2.24, 2.45) is 0 Å². The maximum Gasteiger partial charge on any atom is 0.417 e. The van der Waals surface area contributed by atoms with Gasteiger partial charge >= 0.3 is 12.4 Å². The third-order valence-electron chi connectivity index (χ3n) is 12.6. The summed E-state index contributed by atoms with van der Waals surface area (Å²) in [6.07, 6.45) is -10.3. The lowest BCUT2D eigenvalue weighted by Gasteiger charge is -2.23. The Morgan fingerprint density at radius 2 is 0.688 bits per heavy atom. The smallest absolute Gasteiger partial charge is 0.308 e. The summed E-state index contributed by atoms with van der Waals surface area (Å²) in [6.45, 7) is 25.3. The minimum atomic E-state index is -5.15. The molecule has 8 aromatic rings. The average molecular weight is 870 g/mol. The standard InChI is InChI=1S/C55H53F6N3/c1-50(2,3)32-16-20-43-36(26-32)37-27-33(51(4,5)6)17-21-44(37)63(43)47-24-31(49-41(54(56,57)58)14-13-15-42(49)55(59,60)61)25-48(40(47)30-62)64-45-22-18-34(52(7,8)9)28-38(45)39-29-35(53(10,11)12)19-23-46(39)64/h13-29H,1-12H3. The van der Waals surface area contributed by atoms with Gasteiger partial charge in [-0.05, 0) is 122 Å². The summed E-state index contributed by atoms with van der Waals surface area (Å²) >= 11 is 0. The topological polar surface area (TPSA) is 33.6 Å². The van der Waals surface area contributed by atoms with Crippen molar-refractivity contribution in [2.45, 2.75) is 117 Å². The molecule has 0 aliphatic carbocycles. The van der Waals surface area contributed by atoms with Crippen LogP contribution in [0.15, 0.2) is 103 Å². The lowest BCUT2D eigenvalue weighted by molar-refractivity contribution is -0.142. The Labute approximate surface area is 370 Å². The van der Waals surface area contributed by atoms with Crippen molar-refractivity contribution >= 4 is 43.6 Å². The largest absolute Gasteiger partial charge is 0.417 e. The molecule has 0 aliphatic heterocycles. The van der Waals surface area contributed by atoms with Crippen LogP contribution in [0, 0.1) is 11.3 Å². The van der Waals surface area contributed by atoms with Gasteiger partial charge in [0.15, 0.2) is 0 Å². The first-order chi connectivity index (χ1) is 29.5. The zero-order valence-corrected chi connectivity index (χ0v) is 38.4. The van der Waals surface area contributed by atoms with Crippen molar-refractivity contribution in [2.75, 3.05) is 0 Å². The van der Waals surface area contributed by atoms with Crippen molar-refractivity contribution in [1.29, 1.82) is 5.26 Å². The maximum atomic E-state index is 15.1. The summed E-state index contributed by atoms with van der Waals surface area (Å²) < 4.78 is 94.5. The van der Waals surface area contributed by atoms with Crippen LogP contribution in [0.2, 0.25) is 0 Å². The molecule has 0 N–H and O–H groups in total. The molecule has 2 heterocycles. The van der Waals surface area contributed by atoms with E-state index in [1.54, 1.807) is 0 Å². The molecule has 0 aliphatic rings. The molecular formula is C55H53F6N3. The normalized spacial score (nSPS) is 13.5. The molecule has 64 heavy (non-hydrogen) atoms. The van der Waals surface area contributed by atoms with Crippen LogP contribution in [0.3, 0.4) is 0 Å². The molecule has 2 aromatic heterocycles. The fourth-order valence-electron chi connectivity index (χ4n) is 8.99. The molecule has 0 atom stereocenters. The highest BCUT2D eigenvalue weighted by molar-refractivity contribution is 6.12. The minimum Gasteiger partial charge on any atom is -0.308 e. The lowest BCUT2D eigenvalue weighted by Crippen LogP contribution is -2.15. The highest BCUT2D eigenvalue weighted by Crippen LogP contribution is 2.48. The number of alkyl halides is 6. The van der Waals surface area contributed by atoms with Crippen LogP contribution in [0.4, 0.5) is 26.3 Å². The molecule has 330 valence electrons. The Kier molecular flexibility index (Phi) is 10.1. The van der Waals surface area contributed by atoms with Gasteiger partial charge < -0.3 is 9.13 Å². The van der Waals surface area contributed by atoms with E-state index in [4.69, 9.17) is 0 Å². The van der Waals surface area contributed by atoms with Crippen molar-refractivity contribution < 1.29 is 26.3 Å². The highest BCUT2D eigenvalue weighted by atomic mass is 19.4. The van der Waals surface area contributed by atoms with Gasteiger partial charge in [0.25, 0.3) is 0 Å². The second-order valence-corrected chi connectivity index (χ2v) is 21.3. The molecular weight excluding hydrogens is 817 g/mol. The van der Waals surface area contributed by atoms with Gasteiger partial charge in [-0.2, -0.15) is 31.6 Å². The van der Waals surface area contributed by atoms with Crippen LogP contribution in [0.1, 0.15) is 122 Å². The number of nitrogens with zero attached hydrogens (tertiary/aromatic N) is 3. The van der Waals surface area contributed by atoms with Gasteiger partial charge in [-0.25, -0.2) is 0 Å². The third-order valence-corrected chi connectivity index (χ3v) is 12.6. The monoisotopic (exact) mass is 869 g/mol. The molecule has 0 saturated carbocycles. The quantitative estimate of drug-likeness (QED) is 0.163. The van der Waals surface area contributed by atoms with Gasteiger partial charge in [0.05, 0.1) is 44.6 Å². The van der Waals surface area contributed by atoms with Crippen LogP contribution in [0.25, 0.3) is 66.1 Å². The van der Waals surface area contributed by atoms with E-state index in [0.717, 1.165) is 49.9 Å². The summed E-state index contributed by atoms with van der Waals surface area (Å²) in [5, 5.41) is 14.9. The fourth-order valence-corrected chi connectivity index (χ4v) is 8.99. The van der Waals surface area contributed by atoms with E-state index in [2.05, 4.69) is 113 Å². The fraction of sp³-hybridized carbons (Fsp3) is 0.327. The number of fused-ring (bicyclic) bond motifs is 6. The number of rotatable bonds is 3. The van der Waals surface area contributed by atoms with Crippen molar-refractivity contribution in [3.63, 3.8) is 0 Å². The molecule has 0 spiro atoms. The summed E-state index contributed by atoms with van der Waals surface area (Å²) in [4.78, 5) is 0. The number of nitriles is 1. The minimum absolute atomic E-state index is 0.0824. The first-order valence-corrected chi connectivity index (χ1v) is 21.5. The molecule has 0 saturated heterocycles. The van der Waals surface area contributed by atoms with Crippen LogP contribution in [0.5, 0.6) is 0 Å². The van der Waals surface area contributed by atoms with E-state index in [9.17, 15) is 5.26 Å². The van der Waals surface area contributed by atoms with Crippen molar-refractivity contribution in [3.8, 4) is 28.6 Å². The molecule has 6 aromatic carbocycles. The number of benzene rings is 6. The molecule has 8 rings (SSSR count). The van der Waals surface area contributed by atoms with Crippen molar-refractivity contribution in [1.82, 2.24) is 9.13 Å². The van der Waals surface area contributed by atoms with Crippen LogP contribution < -0.4 is 0 Å². The predicted octanol–water partition coefficient (Wildman–Crippen LogP) is 16.6. The Morgan fingerprint density at radius 3 is 0.922 bits per heavy atom. The second kappa shape index (κ2) is 14.5. The Morgan fingerprint density at radius 1 is 0.406 bits per heavy atom. The number of hydrogen-bond acceptors (Lipinski definition) is 1. The molecule has 0 radical (unpaired) electrons. The number of halogens is 6. The van der Waals surface area contributed by atoms with Crippen LogP contribution >= 0.6 is 0 Å². The highest BCUT2D eigenvalue weighted by Gasteiger charge is 2.41. The van der Waals surface area contributed by atoms with Crippen LogP contribution in [-0.4, -0.2) is 9.13 Å².